The number of aromatic nitrogens is 2. The molecule has 1 aliphatic heterocycles. The van der Waals surface area contributed by atoms with E-state index in [4.69, 9.17) is 18.7 Å². The molecule has 3 aromatic rings. The Labute approximate surface area is 173 Å². The first kappa shape index (κ1) is 19.8. The van der Waals surface area contributed by atoms with Crippen molar-refractivity contribution in [2.45, 2.75) is 33.4 Å². The van der Waals surface area contributed by atoms with Crippen molar-refractivity contribution in [3.63, 3.8) is 0 Å². The lowest BCUT2D eigenvalue weighted by Gasteiger charge is -2.27. The lowest BCUT2D eigenvalue weighted by atomic mass is 10.1. The predicted molar refractivity (Wildman–Crippen MR) is 106 cm³/mol. The van der Waals surface area contributed by atoms with E-state index in [0.717, 1.165) is 17.1 Å². The molecule has 0 saturated heterocycles. The van der Waals surface area contributed by atoms with E-state index in [1.165, 1.54) is 6.07 Å². The van der Waals surface area contributed by atoms with Crippen LogP contribution in [0.4, 0.5) is 0 Å². The average molecular weight is 410 g/mol. The fraction of sp³-hybridized carbons (Fsp3) is 0.318. The van der Waals surface area contributed by atoms with Gasteiger partial charge in [0.25, 0.3) is 0 Å². The fourth-order valence-electron chi connectivity index (χ4n) is 3.46. The number of rotatable bonds is 6. The Morgan fingerprint density at radius 3 is 2.67 bits per heavy atom. The number of aryl methyl sites for hydroxylation is 2. The van der Waals surface area contributed by atoms with Crippen molar-refractivity contribution < 1.29 is 28.3 Å². The van der Waals surface area contributed by atoms with Crippen LogP contribution in [0.2, 0.25) is 0 Å². The SMILES string of the molecule is Cc1cc(C(=O)OCC(=O)c2cc(C)n(C[C@@H]3COc4ccccc4O3)c2C)on1. The van der Waals surface area contributed by atoms with Crippen molar-refractivity contribution in [1.82, 2.24) is 9.72 Å². The number of ketones is 1. The molecule has 0 unspecified atom stereocenters. The second-order valence-corrected chi connectivity index (χ2v) is 7.22. The lowest BCUT2D eigenvalue weighted by molar-refractivity contribution is 0.0435. The van der Waals surface area contributed by atoms with Crippen LogP contribution < -0.4 is 9.47 Å². The van der Waals surface area contributed by atoms with Crippen LogP contribution in [-0.4, -0.2) is 40.8 Å². The average Bonchev–Trinajstić information content (AvgIpc) is 3.30. The second kappa shape index (κ2) is 8.06. The third kappa shape index (κ3) is 3.94. The van der Waals surface area contributed by atoms with Gasteiger partial charge in [0.1, 0.15) is 6.61 Å². The minimum atomic E-state index is -0.718. The molecule has 0 saturated carbocycles. The monoisotopic (exact) mass is 410 g/mol. The zero-order valence-electron chi connectivity index (χ0n) is 17.0. The summed E-state index contributed by atoms with van der Waals surface area (Å²) in [5.41, 5.74) is 2.77. The number of esters is 1. The van der Waals surface area contributed by atoms with E-state index >= 15 is 0 Å². The molecule has 0 fully saturated rings. The summed E-state index contributed by atoms with van der Waals surface area (Å²) in [5.74, 6) is 0.409. The summed E-state index contributed by atoms with van der Waals surface area (Å²) in [6, 6.07) is 10.8. The van der Waals surface area contributed by atoms with Gasteiger partial charge in [0.15, 0.2) is 24.2 Å². The number of hydrogen-bond donors (Lipinski definition) is 0. The number of benzene rings is 1. The molecule has 0 amide bonds. The largest absolute Gasteiger partial charge is 0.486 e. The van der Waals surface area contributed by atoms with Gasteiger partial charge in [-0.15, -0.1) is 0 Å². The number of ether oxygens (including phenoxy) is 3. The molecule has 0 radical (unpaired) electrons. The topological polar surface area (TPSA) is 92.8 Å². The standard InChI is InChI=1S/C22H22N2O6/c1-13-8-21(30-23-13)22(26)28-12-18(25)17-9-14(2)24(15(17)3)10-16-11-27-19-6-4-5-7-20(19)29-16/h4-9,16H,10-12H2,1-3H3/t16-/m1/s1. The highest BCUT2D eigenvalue weighted by atomic mass is 16.6. The molecule has 4 rings (SSSR count). The molecule has 0 aliphatic carbocycles. The van der Waals surface area contributed by atoms with Crippen molar-refractivity contribution in [2.24, 2.45) is 0 Å². The van der Waals surface area contributed by atoms with Crippen molar-refractivity contribution in [1.29, 1.82) is 0 Å². The lowest BCUT2D eigenvalue weighted by Crippen LogP contribution is -2.33. The molecule has 0 spiro atoms. The van der Waals surface area contributed by atoms with Crippen LogP contribution in [0.3, 0.4) is 0 Å². The highest BCUT2D eigenvalue weighted by molar-refractivity contribution is 6.00. The van der Waals surface area contributed by atoms with Crippen LogP contribution in [0.5, 0.6) is 11.5 Å². The number of fused-ring (bicyclic) bond motifs is 1. The van der Waals surface area contributed by atoms with E-state index in [0.29, 0.717) is 30.2 Å². The predicted octanol–water partition coefficient (Wildman–Crippen LogP) is 3.28. The summed E-state index contributed by atoms with van der Waals surface area (Å²) in [4.78, 5) is 24.6. The van der Waals surface area contributed by atoms with E-state index < -0.39 is 5.97 Å². The Morgan fingerprint density at radius 2 is 1.93 bits per heavy atom. The maximum Gasteiger partial charge on any atom is 0.377 e. The smallest absolute Gasteiger partial charge is 0.377 e. The van der Waals surface area contributed by atoms with Gasteiger partial charge < -0.3 is 23.3 Å². The number of para-hydroxylation sites is 2. The zero-order chi connectivity index (χ0) is 21.3. The molecule has 3 heterocycles. The number of nitrogens with zero attached hydrogens (tertiary/aromatic N) is 2. The maximum absolute atomic E-state index is 12.6. The van der Waals surface area contributed by atoms with Gasteiger partial charge in [0.05, 0.1) is 12.2 Å². The molecule has 8 nitrogen and oxygen atoms in total. The van der Waals surface area contributed by atoms with E-state index in [-0.39, 0.29) is 24.3 Å². The summed E-state index contributed by atoms with van der Waals surface area (Å²) in [6.45, 7) is 6.06. The molecule has 30 heavy (non-hydrogen) atoms. The van der Waals surface area contributed by atoms with Crippen molar-refractivity contribution in [2.75, 3.05) is 13.2 Å². The van der Waals surface area contributed by atoms with Crippen LogP contribution in [0, 0.1) is 20.8 Å². The molecule has 8 heteroatoms. The van der Waals surface area contributed by atoms with Crippen LogP contribution >= 0.6 is 0 Å². The first-order chi connectivity index (χ1) is 14.4. The fourth-order valence-corrected chi connectivity index (χ4v) is 3.46. The summed E-state index contributed by atoms with van der Waals surface area (Å²) in [5, 5.41) is 3.64. The minimum Gasteiger partial charge on any atom is -0.486 e. The first-order valence-corrected chi connectivity index (χ1v) is 9.61. The summed E-state index contributed by atoms with van der Waals surface area (Å²) in [7, 11) is 0. The van der Waals surface area contributed by atoms with E-state index in [9.17, 15) is 9.59 Å². The van der Waals surface area contributed by atoms with Gasteiger partial charge in [-0.25, -0.2) is 4.79 Å². The highest BCUT2D eigenvalue weighted by Crippen LogP contribution is 2.31. The van der Waals surface area contributed by atoms with Crippen LogP contribution in [-0.2, 0) is 11.3 Å². The van der Waals surface area contributed by atoms with Gasteiger partial charge in [0, 0.05) is 23.0 Å². The maximum atomic E-state index is 12.6. The normalized spacial score (nSPS) is 15.1. The van der Waals surface area contributed by atoms with E-state index in [1.807, 2.05) is 42.7 Å². The summed E-state index contributed by atoms with van der Waals surface area (Å²) in [6.07, 6.45) is -0.180. The van der Waals surface area contributed by atoms with E-state index in [2.05, 4.69) is 5.16 Å². The Hall–Kier alpha value is -3.55. The third-order valence-corrected chi connectivity index (χ3v) is 4.99. The molecule has 2 aromatic heterocycles. The van der Waals surface area contributed by atoms with Crippen molar-refractivity contribution in [3.8, 4) is 11.5 Å². The van der Waals surface area contributed by atoms with E-state index in [1.54, 1.807) is 13.0 Å². The number of carbonyl (C=O) groups excluding carboxylic acids is 2. The van der Waals surface area contributed by atoms with Crippen molar-refractivity contribution in [3.05, 3.63) is 64.8 Å². The van der Waals surface area contributed by atoms with Gasteiger partial charge in [-0.3, -0.25) is 4.79 Å². The van der Waals surface area contributed by atoms with Gasteiger partial charge in [-0.2, -0.15) is 0 Å². The first-order valence-electron chi connectivity index (χ1n) is 9.61. The molecule has 1 atom stereocenters. The summed E-state index contributed by atoms with van der Waals surface area (Å²) >= 11 is 0. The van der Waals surface area contributed by atoms with Crippen LogP contribution in [0.25, 0.3) is 0 Å². The molecule has 0 N–H and O–H groups in total. The van der Waals surface area contributed by atoms with Gasteiger partial charge in [-0.1, -0.05) is 17.3 Å². The zero-order valence-corrected chi connectivity index (χ0v) is 17.0. The Kier molecular flexibility index (Phi) is 5.31. The molecule has 156 valence electrons. The molecule has 0 bridgehead atoms. The van der Waals surface area contributed by atoms with Crippen LogP contribution in [0.1, 0.15) is 38.0 Å². The minimum absolute atomic E-state index is 0.0273. The number of hydrogen-bond acceptors (Lipinski definition) is 7. The highest BCUT2D eigenvalue weighted by Gasteiger charge is 2.24. The number of Topliss-reactive ketones (excluding diaryl/α,β-unsaturated/α-hetero) is 1. The quantitative estimate of drug-likeness (QED) is 0.455. The van der Waals surface area contributed by atoms with Crippen molar-refractivity contribution >= 4 is 11.8 Å². The molecular weight excluding hydrogens is 388 g/mol. The molecular formula is C22H22N2O6. The van der Waals surface area contributed by atoms with Gasteiger partial charge in [0.2, 0.25) is 11.5 Å². The molecule has 1 aromatic carbocycles. The van der Waals surface area contributed by atoms with Gasteiger partial charge in [-0.05, 0) is 39.0 Å². The van der Waals surface area contributed by atoms with Gasteiger partial charge >= 0.3 is 5.97 Å². The second-order valence-electron chi connectivity index (χ2n) is 7.22. The Balaban J connectivity index is 1.42. The molecule has 1 aliphatic rings. The third-order valence-electron chi connectivity index (χ3n) is 4.99. The van der Waals surface area contributed by atoms with Crippen LogP contribution in [0.15, 0.2) is 40.9 Å². The Morgan fingerprint density at radius 1 is 1.17 bits per heavy atom. The number of carbonyl (C=O) groups is 2. The Bertz CT molecular complexity index is 1100. The summed E-state index contributed by atoms with van der Waals surface area (Å²) < 4.78 is 23.7.